The van der Waals surface area contributed by atoms with Gasteiger partial charge in [0.05, 0.1) is 7.11 Å². The molecule has 0 saturated heterocycles. The molecule has 0 saturated carbocycles. The maximum atomic E-state index is 12.6. The van der Waals surface area contributed by atoms with E-state index < -0.39 is 12.0 Å². The number of allylic oxidation sites excluding steroid dienone is 1. The molecule has 1 N–H and O–H groups in total. The van der Waals surface area contributed by atoms with Crippen LogP contribution in [0.25, 0.3) is 5.70 Å². The fourth-order valence-electron chi connectivity index (χ4n) is 1.86. The Morgan fingerprint density at radius 3 is 2.17 bits per heavy atom. The molecule has 0 aliphatic rings. The summed E-state index contributed by atoms with van der Waals surface area (Å²) in [5.41, 5.74) is 0.916. The lowest BCUT2D eigenvalue weighted by molar-refractivity contribution is -0.165. The first kappa shape index (κ1) is 17.9. The largest absolute Gasteiger partial charge is 0.497 e. The fourth-order valence-corrected chi connectivity index (χ4v) is 1.99. The molecule has 0 aliphatic carbocycles. The van der Waals surface area contributed by atoms with Crippen LogP contribution in [0.4, 0.5) is 18.9 Å². The van der Waals surface area contributed by atoms with Crippen LogP contribution in [-0.2, 0) is 4.79 Å². The molecule has 2 aromatic rings. The average Bonchev–Trinajstić information content (AvgIpc) is 2.54. The van der Waals surface area contributed by atoms with Gasteiger partial charge in [0.25, 0.3) is 5.78 Å². The third-order valence-electron chi connectivity index (χ3n) is 3.08. The third-order valence-corrected chi connectivity index (χ3v) is 3.33. The Bertz CT molecular complexity index is 738. The van der Waals surface area contributed by atoms with Gasteiger partial charge in [-0.15, -0.1) is 0 Å². The zero-order valence-corrected chi connectivity index (χ0v) is 13.3. The van der Waals surface area contributed by atoms with Gasteiger partial charge in [-0.2, -0.15) is 13.2 Å². The van der Waals surface area contributed by atoms with Gasteiger partial charge >= 0.3 is 6.18 Å². The molecule has 0 unspecified atom stereocenters. The summed E-state index contributed by atoms with van der Waals surface area (Å²) in [4.78, 5) is 11.3. The van der Waals surface area contributed by atoms with Gasteiger partial charge in [-0.25, -0.2) is 0 Å². The second-order valence-electron chi connectivity index (χ2n) is 4.78. The van der Waals surface area contributed by atoms with Crippen molar-refractivity contribution in [2.45, 2.75) is 6.18 Å². The van der Waals surface area contributed by atoms with E-state index in [0.29, 0.717) is 28.1 Å². The van der Waals surface area contributed by atoms with Crippen molar-refractivity contribution in [2.75, 3.05) is 12.4 Å². The Labute approximate surface area is 141 Å². The van der Waals surface area contributed by atoms with E-state index in [4.69, 9.17) is 16.3 Å². The maximum Gasteiger partial charge on any atom is 0.454 e. The first-order valence-electron chi connectivity index (χ1n) is 6.79. The maximum absolute atomic E-state index is 12.6. The number of alkyl halides is 3. The predicted octanol–water partition coefficient (Wildman–Crippen LogP) is 4.93. The molecule has 0 aromatic heterocycles. The molecule has 126 valence electrons. The standard InChI is InChI=1S/C17H13ClF3NO2/c1-24-14-8-6-13(7-9-14)22-15(10-16(23)17(19,20)21)11-2-4-12(18)5-3-11/h2-10,22H,1H3/b15-10+. The minimum absolute atomic E-state index is 0.0131. The highest BCUT2D eigenvalue weighted by molar-refractivity contribution is 6.30. The molecule has 2 rings (SSSR count). The van der Waals surface area contributed by atoms with E-state index in [0.717, 1.165) is 0 Å². The van der Waals surface area contributed by atoms with Crippen molar-refractivity contribution in [3.05, 3.63) is 65.2 Å². The summed E-state index contributed by atoms with van der Waals surface area (Å²) in [6, 6.07) is 12.6. The number of methoxy groups -OCH3 is 1. The molecule has 0 fully saturated rings. The van der Waals surface area contributed by atoms with Crippen LogP contribution < -0.4 is 10.1 Å². The van der Waals surface area contributed by atoms with Gasteiger partial charge in [-0.3, -0.25) is 4.79 Å². The molecule has 0 radical (unpaired) electrons. The van der Waals surface area contributed by atoms with E-state index >= 15 is 0 Å². The van der Waals surface area contributed by atoms with E-state index in [-0.39, 0.29) is 5.70 Å². The lowest BCUT2D eigenvalue weighted by atomic mass is 10.1. The highest BCUT2D eigenvalue weighted by Crippen LogP contribution is 2.25. The predicted molar refractivity (Wildman–Crippen MR) is 87.1 cm³/mol. The number of anilines is 1. The first-order valence-corrected chi connectivity index (χ1v) is 7.17. The minimum Gasteiger partial charge on any atom is -0.497 e. The van der Waals surface area contributed by atoms with Gasteiger partial charge in [0, 0.05) is 22.5 Å². The van der Waals surface area contributed by atoms with E-state index in [2.05, 4.69) is 5.32 Å². The van der Waals surface area contributed by atoms with Crippen LogP contribution in [-0.4, -0.2) is 19.1 Å². The zero-order valence-electron chi connectivity index (χ0n) is 12.5. The lowest BCUT2D eigenvalue weighted by Crippen LogP contribution is -2.21. The molecule has 0 amide bonds. The average molecular weight is 356 g/mol. The fraction of sp³-hybridized carbons (Fsp3) is 0.118. The smallest absolute Gasteiger partial charge is 0.454 e. The summed E-state index contributed by atoms with van der Waals surface area (Å²) in [6.07, 6.45) is -4.42. The number of ketones is 1. The van der Waals surface area contributed by atoms with Crippen LogP contribution in [0.1, 0.15) is 5.56 Å². The van der Waals surface area contributed by atoms with Gasteiger partial charge in [0.15, 0.2) is 0 Å². The molecule has 0 bridgehead atoms. The monoisotopic (exact) mass is 355 g/mol. The van der Waals surface area contributed by atoms with E-state index in [1.54, 1.807) is 24.3 Å². The zero-order chi connectivity index (χ0) is 17.7. The van der Waals surface area contributed by atoms with Crippen molar-refractivity contribution in [3.63, 3.8) is 0 Å². The first-order chi connectivity index (χ1) is 11.3. The van der Waals surface area contributed by atoms with Crippen molar-refractivity contribution >= 4 is 28.8 Å². The highest BCUT2D eigenvalue weighted by Gasteiger charge is 2.36. The number of halogens is 4. The quantitative estimate of drug-likeness (QED) is 0.773. The van der Waals surface area contributed by atoms with Crippen LogP contribution in [0.2, 0.25) is 5.02 Å². The summed E-state index contributed by atoms with van der Waals surface area (Å²) in [5, 5.41) is 3.25. The SMILES string of the molecule is COc1ccc(N/C(=C/C(=O)C(F)(F)F)c2ccc(Cl)cc2)cc1. The Balaban J connectivity index is 2.36. The normalized spacial score (nSPS) is 12.0. The molecule has 0 spiro atoms. The molecular weight excluding hydrogens is 343 g/mol. The van der Waals surface area contributed by atoms with Gasteiger partial charge in [0.2, 0.25) is 0 Å². The van der Waals surface area contributed by atoms with E-state index in [9.17, 15) is 18.0 Å². The number of ether oxygens (including phenoxy) is 1. The summed E-state index contributed by atoms with van der Waals surface area (Å²) in [7, 11) is 1.50. The van der Waals surface area contributed by atoms with Crippen molar-refractivity contribution in [2.24, 2.45) is 0 Å². The van der Waals surface area contributed by atoms with Gasteiger partial charge in [0.1, 0.15) is 5.75 Å². The van der Waals surface area contributed by atoms with E-state index in [1.165, 1.54) is 31.4 Å². The van der Waals surface area contributed by atoms with Gasteiger partial charge < -0.3 is 10.1 Å². The second-order valence-corrected chi connectivity index (χ2v) is 5.22. The molecule has 3 nitrogen and oxygen atoms in total. The van der Waals surface area contributed by atoms with Crippen LogP contribution in [0.5, 0.6) is 5.75 Å². The van der Waals surface area contributed by atoms with E-state index in [1.807, 2.05) is 0 Å². The topological polar surface area (TPSA) is 38.3 Å². The molecular formula is C17H13ClF3NO2. The minimum atomic E-state index is -4.95. The van der Waals surface area contributed by atoms with Crippen LogP contribution in [0, 0.1) is 0 Å². The molecule has 2 aromatic carbocycles. The molecule has 0 heterocycles. The Morgan fingerprint density at radius 2 is 1.67 bits per heavy atom. The van der Waals surface area contributed by atoms with Crippen LogP contribution in [0.3, 0.4) is 0 Å². The summed E-state index contributed by atoms with van der Waals surface area (Å²) >= 11 is 5.79. The summed E-state index contributed by atoms with van der Waals surface area (Å²) < 4.78 is 42.7. The number of hydrogen-bond acceptors (Lipinski definition) is 3. The number of hydrogen-bond donors (Lipinski definition) is 1. The summed E-state index contributed by atoms with van der Waals surface area (Å²) in [5.74, 6) is -1.35. The molecule has 7 heteroatoms. The summed E-state index contributed by atoms with van der Waals surface area (Å²) in [6.45, 7) is 0. The highest BCUT2D eigenvalue weighted by atomic mass is 35.5. The molecule has 0 atom stereocenters. The number of nitrogens with one attached hydrogen (secondary N) is 1. The Morgan fingerprint density at radius 1 is 1.08 bits per heavy atom. The Kier molecular flexibility index (Phi) is 5.51. The van der Waals surface area contributed by atoms with Crippen molar-refractivity contribution in [3.8, 4) is 5.75 Å². The van der Waals surface area contributed by atoms with Gasteiger partial charge in [-0.1, -0.05) is 23.7 Å². The number of carbonyl (C=O) groups is 1. The molecule has 24 heavy (non-hydrogen) atoms. The van der Waals surface area contributed by atoms with Gasteiger partial charge in [-0.05, 0) is 42.0 Å². The molecule has 0 aliphatic heterocycles. The lowest BCUT2D eigenvalue weighted by Gasteiger charge is -2.13. The van der Waals surface area contributed by atoms with Crippen LogP contribution in [0.15, 0.2) is 54.6 Å². The van der Waals surface area contributed by atoms with Crippen molar-refractivity contribution in [1.82, 2.24) is 0 Å². The van der Waals surface area contributed by atoms with Crippen molar-refractivity contribution in [1.29, 1.82) is 0 Å². The second kappa shape index (κ2) is 7.40. The number of rotatable bonds is 5. The third kappa shape index (κ3) is 4.76. The number of benzene rings is 2. The number of carbonyl (C=O) groups excluding carboxylic acids is 1. The Hall–Kier alpha value is -2.47. The van der Waals surface area contributed by atoms with Crippen molar-refractivity contribution < 1.29 is 22.7 Å². The van der Waals surface area contributed by atoms with Crippen LogP contribution >= 0.6 is 11.6 Å².